The molecule has 0 spiro atoms. The summed E-state index contributed by atoms with van der Waals surface area (Å²) in [4.78, 5) is 11.6. The van der Waals surface area contributed by atoms with Crippen LogP contribution in [-0.2, 0) is 17.1 Å². The molecule has 0 aliphatic carbocycles. The van der Waals surface area contributed by atoms with Crippen LogP contribution in [0, 0.1) is 0 Å². The first-order valence-electron chi connectivity index (χ1n) is 7.60. The average Bonchev–Trinajstić information content (AvgIpc) is 2.64. The van der Waals surface area contributed by atoms with Gasteiger partial charge in [-0.2, -0.15) is 12.6 Å². The standard InChI is InChI=1S/C18H21NO4S/c20-16(17(21)15-8-4-7-14(9-15)12-24)10-19-18(22)23-11-13-5-2-1-3-6-13/h1-9,16-17,20-21,24H,10-12H2,(H,19,22). The highest BCUT2D eigenvalue weighted by atomic mass is 32.1. The van der Waals surface area contributed by atoms with Crippen LogP contribution in [0.3, 0.4) is 0 Å². The Morgan fingerprint density at radius 1 is 1.08 bits per heavy atom. The van der Waals surface area contributed by atoms with Gasteiger partial charge in [0.15, 0.2) is 0 Å². The van der Waals surface area contributed by atoms with E-state index in [1.165, 1.54) is 0 Å². The van der Waals surface area contributed by atoms with Crippen molar-refractivity contribution in [2.24, 2.45) is 0 Å². The Hall–Kier alpha value is -2.02. The van der Waals surface area contributed by atoms with Gasteiger partial charge in [0.2, 0.25) is 0 Å². The Balaban J connectivity index is 1.79. The maximum atomic E-state index is 11.6. The van der Waals surface area contributed by atoms with Gasteiger partial charge in [0, 0.05) is 12.3 Å². The lowest BCUT2D eigenvalue weighted by Gasteiger charge is -2.19. The molecule has 0 aliphatic rings. The second-order valence-electron chi connectivity index (χ2n) is 5.36. The number of aliphatic hydroxyl groups excluding tert-OH is 2. The summed E-state index contributed by atoms with van der Waals surface area (Å²) >= 11 is 4.18. The van der Waals surface area contributed by atoms with E-state index in [0.29, 0.717) is 11.3 Å². The maximum Gasteiger partial charge on any atom is 0.407 e. The van der Waals surface area contributed by atoms with Gasteiger partial charge < -0.3 is 20.3 Å². The fourth-order valence-corrected chi connectivity index (χ4v) is 2.37. The van der Waals surface area contributed by atoms with Crippen molar-refractivity contribution < 1.29 is 19.7 Å². The number of carbonyl (C=O) groups excluding carboxylic acids is 1. The molecule has 2 unspecified atom stereocenters. The second kappa shape index (κ2) is 9.32. The molecule has 0 heterocycles. The van der Waals surface area contributed by atoms with Gasteiger partial charge in [0.25, 0.3) is 0 Å². The molecular weight excluding hydrogens is 326 g/mol. The number of benzene rings is 2. The molecule has 0 aromatic heterocycles. The maximum absolute atomic E-state index is 11.6. The molecule has 6 heteroatoms. The Bertz CT molecular complexity index is 650. The summed E-state index contributed by atoms with van der Waals surface area (Å²) in [5.74, 6) is 0.542. The Morgan fingerprint density at radius 2 is 1.79 bits per heavy atom. The van der Waals surface area contributed by atoms with Crippen molar-refractivity contribution in [3.63, 3.8) is 0 Å². The zero-order valence-electron chi connectivity index (χ0n) is 13.1. The lowest BCUT2D eigenvalue weighted by molar-refractivity contribution is 0.0184. The van der Waals surface area contributed by atoms with Gasteiger partial charge in [-0.25, -0.2) is 4.79 Å². The van der Waals surface area contributed by atoms with Gasteiger partial charge in [-0.3, -0.25) is 0 Å². The van der Waals surface area contributed by atoms with Crippen LogP contribution >= 0.6 is 12.6 Å². The van der Waals surface area contributed by atoms with Gasteiger partial charge in [-0.05, 0) is 16.7 Å². The summed E-state index contributed by atoms with van der Waals surface area (Å²) in [7, 11) is 0. The highest BCUT2D eigenvalue weighted by Crippen LogP contribution is 2.18. The summed E-state index contributed by atoms with van der Waals surface area (Å²) < 4.78 is 5.05. The molecular formula is C18H21NO4S. The van der Waals surface area contributed by atoms with Crippen molar-refractivity contribution >= 4 is 18.7 Å². The minimum Gasteiger partial charge on any atom is -0.445 e. The van der Waals surface area contributed by atoms with Crippen molar-refractivity contribution in [1.29, 1.82) is 0 Å². The van der Waals surface area contributed by atoms with Crippen molar-refractivity contribution in [1.82, 2.24) is 5.32 Å². The third-order valence-corrected chi connectivity index (χ3v) is 3.87. The summed E-state index contributed by atoms with van der Waals surface area (Å²) in [6.07, 6.45) is -2.88. The van der Waals surface area contributed by atoms with Crippen LogP contribution in [0.1, 0.15) is 22.8 Å². The summed E-state index contributed by atoms with van der Waals surface area (Å²) in [6.45, 7) is 0.0369. The molecule has 1 amide bonds. The first kappa shape index (κ1) is 18.3. The Labute approximate surface area is 146 Å². The number of ether oxygens (including phenoxy) is 1. The van der Waals surface area contributed by atoms with Crippen LogP contribution in [0.4, 0.5) is 4.79 Å². The number of thiol groups is 1. The molecule has 5 nitrogen and oxygen atoms in total. The van der Waals surface area contributed by atoms with Crippen molar-refractivity contribution in [3.05, 3.63) is 71.3 Å². The third kappa shape index (κ3) is 5.56. The van der Waals surface area contributed by atoms with Crippen molar-refractivity contribution in [2.45, 2.75) is 24.6 Å². The quantitative estimate of drug-likeness (QED) is 0.580. The fraction of sp³-hybridized carbons (Fsp3) is 0.278. The molecule has 0 saturated heterocycles. The summed E-state index contributed by atoms with van der Waals surface area (Å²) in [5, 5.41) is 22.6. The monoisotopic (exact) mass is 347 g/mol. The number of alkyl carbamates (subject to hydrolysis) is 1. The number of amides is 1. The lowest BCUT2D eigenvalue weighted by atomic mass is 10.0. The fourth-order valence-electron chi connectivity index (χ4n) is 2.17. The summed E-state index contributed by atoms with van der Waals surface area (Å²) in [5.41, 5.74) is 2.39. The molecule has 0 saturated carbocycles. The van der Waals surface area contributed by atoms with Crippen molar-refractivity contribution in [3.8, 4) is 0 Å². The number of nitrogens with one attached hydrogen (secondary N) is 1. The van der Waals surface area contributed by atoms with E-state index in [2.05, 4.69) is 17.9 Å². The first-order valence-corrected chi connectivity index (χ1v) is 8.23. The van der Waals surface area contributed by atoms with Crippen LogP contribution in [0.15, 0.2) is 54.6 Å². The first-order chi connectivity index (χ1) is 11.6. The van der Waals surface area contributed by atoms with Gasteiger partial charge in [-0.1, -0.05) is 54.6 Å². The van der Waals surface area contributed by atoms with E-state index in [4.69, 9.17) is 4.74 Å². The Morgan fingerprint density at radius 3 is 2.50 bits per heavy atom. The van der Waals surface area contributed by atoms with Crippen LogP contribution in [0.5, 0.6) is 0 Å². The lowest BCUT2D eigenvalue weighted by Crippen LogP contribution is -2.35. The third-order valence-electron chi connectivity index (χ3n) is 3.51. The SMILES string of the molecule is O=C(NCC(O)C(O)c1cccc(CS)c1)OCc1ccccc1. The predicted octanol–water partition coefficient (Wildman–Crippen LogP) is 2.44. The second-order valence-corrected chi connectivity index (χ2v) is 5.67. The van der Waals surface area contributed by atoms with E-state index in [-0.39, 0.29) is 13.2 Å². The topological polar surface area (TPSA) is 78.8 Å². The summed E-state index contributed by atoms with van der Waals surface area (Å²) in [6, 6.07) is 16.5. The molecule has 0 radical (unpaired) electrons. The zero-order chi connectivity index (χ0) is 17.4. The van der Waals surface area contributed by atoms with Gasteiger partial charge >= 0.3 is 6.09 Å². The average molecular weight is 347 g/mol. The molecule has 24 heavy (non-hydrogen) atoms. The van der Waals surface area contributed by atoms with Crippen LogP contribution < -0.4 is 5.32 Å². The van der Waals surface area contributed by atoms with Gasteiger partial charge in [0.05, 0.1) is 0 Å². The molecule has 2 aromatic rings. The molecule has 3 N–H and O–H groups in total. The number of aliphatic hydroxyl groups is 2. The van der Waals surface area contributed by atoms with Crippen molar-refractivity contribution in [2.75, 3.05) is 6.54 Å². The van der Waals surface area contributed by atoms with E-state index in [1.54, 1.807) is 18.2 Å². The van der Waals surface area contributed by atoms with E-state index >= 15 is 0 Å². The number of hydrogen-bond donors (Lipinski definition) is 4. The van der Waals surface area contributed by atoms with E-state index in [0.717, 1.165) is 11.1 Å². The molecule has 128 valence electrons. The van der Waals surface area contributed by atoms with E-state index in [9.17, 15) is 15.0 Å². The molecule has 0 fully saturated rings. The molecule has 2 aromatic carbocycles. The van der Waals surface area contributed by atoms with Crippen LogP contribution in [0.25, 0.3) is 0 Å². The minimum atomic E-state index is -1.13. The van der Waals surface area contributed by atoms with Crippen LogP contribution in [0.2, 0.25) is 0 Å². The highest BCUT2D eigenvalue weighted by Gasteiger charge is 2.19. The van der Waals surface area contributed by atoms with E-state index < -0.39 is 18.3 Å². The Kier molecular flexibility index (Phi) is 7.11. The smallest absolute Gasteiger partial charge is 0.407 e. The van der Waals surface area contributed by atoms with E-state index in [1.807, 2.05) is 36.4 Å². The number of rotatable bonds is 7. The minimum absolute atomic E-state index is 0.111. The predicted molar refractivity (Wildman–Crippen MR) is 94.7 cm³/mol. The number of carbonyl (C=O) groups is 1. The molecule has 0 bridgehead atoms. The molecule has 2 atom stereocenters. The highest BCUT2D eigenvalue weighted by molar-refractivity contribution is 7.79. The largest absolute Gasteiger partial charge is 0.445 e. The number of hydrogen-bond acceptors (Lipinski definition) is 5. The van der Waals surface area contributed by atoms with Crippen LogP contribution in [-0.4, -0.2) is 29.0 Å². The van der Waals surface area contributed by atoms with Gasteiger partial charge in [-0.15, -0.1) is 0 Å². The molecule has 0 aliphatic heterocycles. The normalized spacial score (nSPS) is 13.1. The molecule has 2 rings (SSSR count). The zero-order valence-corrected chi connectivity index (χ0v) is 14.0. The van der Waals surface area contributed by atoms with Gasteiger partial charge in [0.1, 0.15) is 18.8 Å².